The predicted octanol–water partition coefficient (Wildman–Crippen LogP) is 1.89. The van der Waals surface area contributed by atoms with E-state index in [4.69, 9.17) is 0 Å². The summed E-state index contributed by atoms with van der Waals surface area (Å²) in [5, 5.41) is 7.09. The van der Waals surface area contributed by atoms with Crippen LogP contribution >= 0.6 is 0 Å². The van der Waals surface area contributed by atoms with Gasteiger partial charge in [-0.25, -0.2) is 23.1 Å². The van der Waals surface area contributed by atoms with Gasteiger partial charge in [-0.05, 0) is 37.1 Å². The predicted molar refractivity (Wildman–Crippen MR) is 118 cm³/mol. The lowest BCUT2D eigenvalue weighted by Gasteiger charge is -2.32. The van der Waals surface area contributed by atoms with Crippen LogP contribution in [0, 0.1) is 5.92 Å². The van der Waals surface area contributed by atoms with Crippen molar-refractivity contribution in [3.8, 4) is 5.82 Å². The normalized spacial score (nSPS) is 16.7. The number of aromatic nitrogens is 4. The second-order valence-corrected chi connectivity index (χ2v) is 9.16. The molecule has 31 heavy (non-hydrogen) atoms. The Bertz CT molecular complexity index is 1170. The van der Waals surface area contributed by atoms with Crippen molar-refractivity contribution in [3.63, 3.8) is 0 Å². The number of sulfonamides is 1. The monoisotopic (exact) mass is 441 g/mol. The number of hydrogen-bond donors (Lipinski definition) is 2. The molecule has 1 aliphatic rings. The molecule has 1 fully saturated rings. The Morgan fingerprint density at radius 2 is 1.94 bits per heavy atom. The summed E-state index contributed by atoms with van der Waals surface area (Å²) in [6, 6.07) is 10.3. The third-order valence-corrected chi connectivity index (χ3v) is 5.53. The summed E-state index contributed by atoms with van der Waals surface area (Å²) in [5.74, 6) is 1.08. The zero-order valence-corrected chi connectivity index (χ0v) is 17.8. The second-order valence-electron chi connectivity index (χ2n) is 7.41. The van der Waals surface area contributed by atoms with E-state index in [9.17, 15) is 13.2 Å². The van der Waals surface area contributed by atoms with E-state index in [1.165, 1.54) is 6.33 Å². The van der Waals surface area contributed by atoms with Gasteiger partial charge in [-0.15, -0.1) is 0 Å². The van der Waals surface area contributed by atoms with Gasteiger partial charge in [0.2, 0.25) is 15.9 Å². The zero-order valence-electron chi connectivity index (χ0n) is 17.0. The molecular weight excluding hydrogens is 418 g/mol. The maximum Gasteiger partial charge on any atom is 0.229 e. The molecule has 11 heteroatoms. The molecule has 10 nitrogen and oxygen atoms in total. The summed E-state index contributed by atoms with van der Waals surface area (Å²) < 4.78 is 26.9. The van der Waals surface area contributed by atoms with E-state index >= 15 is 0 Å². The molecule has 1 aromatic carbocycles. The Balaban J connectivity index is 1.44. The lowest BCUT2D eigenvalue weighted by atomic mass is 9.97. The molecule has 2 N–H and O–H groups in total. The molecule has 0 radical (unpaired) electrons. The van der Waals surface area contributed by atoms with Crippen molar-refractivity contribution >= 4 is 33.1 Å². The van der Waals surface area contributed by atoms with Crippen LogP contribution in [0.25, 0.3) is 5.82 Å². The Kier molecular flexibility index (Phi) is 5.85. The molecule has 1 saturated heterocycles. The molecule has 0 aliphatic carbocycles. The summed E-state index contributed by atoms with van der Waals surface area (Å²) in [6.07, 6.45) is 7.69. The first-order valence-corrected chi connectivity index (χ1v) is 11.7. The van der Waals surface area contributed by atoms with Crippen molar-refractivity contribution in [2.24, 2.45) is 5.92 Å². The van der Waals surface area contributed by atoms with Crippen molar-refractivity contribution in [1.82, 2.24) is 19.7 Å². The minimum Gasteiger partial charge on any atom is -0.356 e. The first-order chi connectivity index (χ1) is 14.9. The van der Waals surface area contributed by atoms with Gasteiger partial charge in [0, 0.05) is 37.2 Å². The van der Waals surface area contributed by atoms with Gasteiger partial charge in [0.05, 0.1) is 17.9 Å². The molecule has 0 saturated carbocycles. The van der Waals surface area contributed by atoms with E-state index < -0.39 is 10.0 Å². The maximum atomic E-state index is 12.9. The Hall–Kier alpha value is -3.47. The van der Waals surface area contributed by atoms with Crippen molar-refractivity contribution in [2.75, 3.05) is 34.3 Å². The Morgan fingerprint density at radius 1 is 1.13 bits per heavy atom. The van der Waals surface area contributed by atoms with Gasteiger partial charge >= 0.3 is 0 Å². The van der Waals surface area contributed by atoms with E-state index in [1.807, 2.05) is 18.3 Å². The smallest absolute Gasteiger partial charge is 0.229 e. The third-order valence-electron chi connectivity index (χ3n) is 4.93. The number of nitrogens with zero attached hydrogens (tertiary/aromatic N) is 5. The number of nitrogens with one attached hydrogen (secondary N) is 2. The average molecular weight is 442 g/mol. The van der Waals surface area contributed by atoms with Gasteiger partial charge in [-0.2, -0.15) is 5.10 Å². The topological polar surface area (TPSA) is 122 Å². The van der Waals surface area contributed by atoms with Gasteiger partial charge in [-0.3, -0.25) is 9.52 Å². The molecular formula is C20H23N7O3S. The number of rotatable bonds is 6. The Labute approximate surface area is 180 Å². The minimum absolute atomic E-state index is 0.109. The third kappa shape index (κ3) is 5.37. The van der Waals surface area contributed by atoms with Crippen LogP contribution in [0.1, 0.15) is 12.8 Å². The molecule has 1 aliphatic heterocycles. The van der Waals surface area contributed by atoms with Crippen LogP contribution in [0.15, 0.2) is 55.1 Å². The summed E-state index contributed by atoms with van der Waals surface area (Å²) in [4.78, 5) is 23.6. The minimum atomic E-state index is -3.39. The summed E-state index contributed by atoms with van der Waals surface area (Å²) >= 11 is 0. The fourth-order valence-corrected chi connectivity index (χ4v) is 4.11. The molecule has 2 aromatic heterocycles. The van der Waals surface area contributed by atoms with Crippen molar-refractivity contribution in [1.29, 1.82) is 0 Å². The summed E-state index contributed by atoms with van der Waals surface area (Å²) in [7, 11) is -3.39. The number of carbonyl (C=O) groups is 1. The molecule has 3 aromatic rings. The largest absolute Gasteiger partial charge is 0.356 e. The summed E-state index contributed by atoms with van der Waals surface area (Å²) in [5.41, 5.74) is 0.941. The molecule has 162 valence electrons. The van der Waals surface area contributed by atoms with E-state index in [0.29, 0.717) is 23.7 Å². The lowest BCUT2D eigenvalue weighted by Crippen LogP contribution is -2.41. The van der Waals surface area contributed by atoms with Crippen LogP contribution in [0.2, 0.25) is 0 Å². The first kappa shape index (κ1) is 20.8. The molecule has 1 atom stereocenters. The summed E-state index contributed by atoms with van der Waals surface area (Å²) in [6.45, 7) is 1.33. The van der Waals surface area contributed by atoms with Crippen LogP contribution in [0.4, 0.5) is 17.2 Å². The number of benzene rings is 1. The van der Waals surface area contributed by atoms with E-state index in [2.05, 4.69) is 30.0 Å². The van der Waals surface area contributed by atoms with E-state index in [0.717, 1.165) is 31.5 Å². The fourth-order valence-electron chi connectivity index (χ4n) is 3.56. The molecule has 4 rings (SSSR count). The highest BCUT2D eigenvalue weighted by atomic mass is 32.2. The number of piperidine rings is 1. The van der Waals surface area contributed by atoms with Gasteiger partial charge in [-0.1, -0.05) is 6.07 Å². The molecule has 1 amide bonds. The highest BCUT2D eigenvalue weighted by Crippen LogP contribution is 2.24. The number of hydrogen-bond acceptors (Lipinski definition) is 7. The average Bonchev–Trinajstić information content (AvgIpc) is 3.28. The number of anilines is 3. The SMILES string of the molecule is CS(=O)(=O)Nc1cccc(NC(=O)C2CCCN(c3cc(-n4cccn4)ncn3)C2)c1. The van der Waals surface area contributed by atoms with Crippen LogP contribution in [0.5, 0.6) is 0 Å². The van der Waals surface area contributed by atoms with Gasteiger partial charge < -0.3 is 10.2 Å². The second kappa shape index (κ2) is 8.72. The maximum absolute atomic E-state index is 12.9. The van der Waals surface area contributed by atoms with Gasteiger partial charge in [0.25, 0.3) is 0 Å². The highest BCUT2D eigenvalue weighted by molar-refractivity contribution is 7.92. The quantitative estimate of drug-likeness (QED) is 0.599. The molecule has 0 spiro atoms. The molecule has 1 unspecified atom stereocenters. The zero-order chi connectivity index (χ0) is 21.8. The van der Waals surface area contributed by atoms with E-state index in [-0.39, 0.29) is 11.8 Å². The van der Waals surface area contributed by atoms with Crippen LogP contribution < -0.4 is 14.9 Å². The van der Waals surface area contributed by atoms with Crippen molar-refractivity contribution < 1.29 is 13.2 Å². The number of amides is 1. The Morgan fingerprint density at radius 3 is 2.71 bits per heavy atom. The van der Waals surface area contributed by atoms with E-state index in [1.54, 1.807) is 35.1 Å². The van der Waals surface area contributed by atoms with Crippen molar-refractivity contribution in [2.45, 2.75) is 12.8 Å². The van der Waals surface area contributed by atoms with Crippen LogP contribution in [0.3, 0.4) is 0 Å². The fraction of sp³-hybridized carbons (Fsp3) is 0.300. The standard InChI is InChI=1S/C20H23N7O3S/c1-31(29,30)25-17-7-2-6-16(11-17)24-20(28)15-5-3-9-26(13-15)18-12-19(22-14-21-18)27-10-4-8-23-27/h2,4,6-8,10-12,14-15,25H,3,5,9,13H2,1H3,(H,24,28). The molecule has 3 heterocycles. The van der Waals surface area contributed by atoms with Gasteiger partial charge in [0.1, 0.15) is 12.1 Å². The van der Waals surface area contributed by atoms with Crippen LogP contribution in [-0.4, -0.2) is 53.4 Å². The first-order valence-electron chi connectivity index (χ1n) is 9.83. The number of carbonyl (C=O) groups excluding carboxylic acids is 1. The van der Waals surface area contributed by atoms with Gasteiger partial charge in [0.15, 0.2) is 5.82 Å². The highest BCUT2D eigenvalue weighted by Gasteiger charge is 2.27. The molecule has 0 bridgehead atoms. The van der Waals surface area contributed by atoms with Crippen molar-refractivity contribution in [3.05, 3.63) is 55.1 Å². The lowest BCUT2D eigenvalue weighted by molar-refractivity contribution is -0.120. The van der Waals surface area contributed by atoms with Crippen LogP contribution in [-0.2, 0) is 14.8 Å².